The molecular weight excluding hydrogens is 268 g/mol. The second-order valence-electron chi connectivity index (χ2n) is 4.85. The molecule has 1 heterocycles. The topological polar surface area (TPSA) is 20.3 Å². The number of nitrogens with zero attached hydrogens (tertiary/aromatic N) is 1. The maximum atomic E-state index is 13.2. The molecule has 0 N–H and O–H groups in total. The first-order valence-corrected chi connectivity index (χ1v) is 7.39. The third-order valence-electron chi connectivity index (χ3n) is 3.40. The van der Waals surface area contributed by atoms with Crippen molar-refractivity contribution in [1.82, 2.24) is 4.90 Å². The number of hydrogen-bond donors (Lipinski definition) is 0. The molecular formula is C14H17F2NOS. The Bertz CT molecular complexity index is 481. The predicted octanol–water partition coefficient (Wildman–Crippen LogP) is 2.97. The van der Waals surface area contributed by atoms with Gasteiger partial charge in [0.25, 0.3) is 0 Å². The van der Waals surface area contributed by atoms with Crippen molar-refractivity contribution in [3.63, 3.8) is 0 Å². The number of rotatable bonds is 3. The molecule has 0 saturated carbocycles. The molecule has 0 radical (unpaired) electrons. The van der Waals surface area contributed by atoms with Crippen molar-refractivity contribution >= 4 is 17.5 Å². The average Bonchev–Trinajstić information content (AvgIpc) is 2.40. The zero-order valence-electron chi connectivity index (χ0n) is 11.0. The lowest BCUT2D eigenvalue weighted by molar-refractivity contribution is 0.0843. The highest BCUT2D eigenvalue weighted by molar-refractivity contribution is 7.99. The van der Waals surface area contributed by atoms with Gasteiger partial charge in [-0.1, -0.05) is 6.92 Å². The molecule has 0 aliphatic carbocycles. The summed E-state index contributed by atoms with van der Waals surface area (Å²) in [5.41, 5.74) is 0.234. The van der Waals surface area contributed by atoms with E-state index in [-0.39, 0.29) is 17.4 Å². The first-order chi connectivity index (χ1) is 8.99. The molecule has 2 rings (SSSR count). The summed E-state index contributed by atoms with van der Waals surface area (Å²) < 4.78 is 26.0. The van der Waals surface area contributed by atoms with Gasteiger partial charge in [0.2, 0.25) is 0 Å². The van der Waals surface area contributed by atoms with E-state index in [2.05, 4.69) is 11.8 Å². The second kappa shape index (κ2) is 6.01. The first-order valence-electron chi connectivity index (χ1n) is 6.34. The van der Waals surface area contributed by atoms with Crippen LogP contribution in [-0.2, 0) is 0 Å². The Labute approximate surface area is 116 Å². The SMILES string of the molecule is CC1CN(C(C)C(=O)c2ccc(F)c(F)c2)CCS1. The van der Waals surface area contributed by atoms with E-state index in [0.717, 1.165) is 31.0 Å². The van der Waals surface area contributed by atoms with Gasteiger partial charge >= 0.3 is 0 Å². The standard InChI is InChI=1S/C14H17F2NOS/c1-9-8-17(5-6-19-9)10(2)14(18)11-3-4-12(15)13(16)7-11/h3-4,7,9-10H,5-6,8H2,1-2H3. The Morgan fingerprint density at radius 2 is 2.16 bits per heavy atom. The minimum absolute atomic E-state index is 0.155. The maximum Gasteiger partial charge on any atom is 0.179 e. The minimum atomic E-state index is -0.972. The second-order valence-corrected chi connectivity index (χ2v) is 6.39. The molecule has 1 aliphatic rings. The number of ketones is 1. The lowest BCUT2D eigenvalue weighted by Crippen LogP contribution is -2.46. The molecule has 19 heavy (non-hydrogen) atoms. The number of Topliss-reactive ketones (excluding diaryl/α,β-unsaturated/α-hetero) is 1. The summed E-state index contributed by atoms with van der Waals surface area (Å²) in [6, 6.07) is 3.04. The molecule has 0 bridgehead atoms. The van der Waals surface area contributed by atoms with Crippen LogP contribution in [0.2, 0.25) is 0 Å². The summed E-state index contributed by atoms with van der Waals surface area (Å²) in [7, 11) is 0. The van der Waals surface area contributed by atoms with Crippen molar-refractivity contribution in [2.75, 3.05) is 18.8 Å². The molecule has 2 unspecified atom stereocenters. The van der Waals surface area contributed by atoms with Crippen LogP contribution in [0.25, 0.3) is 0 Å². The van der Waals surface area contributed by atoms with Crippen LogP contribution in [0.5, 0.6) is 0 Å². The zero-order chi connectivity index (χ0) is 14.0. The summed E-state index contributed by atoms with van der Waals surface area (Å²) >= 11 is 1.89. The fraction of sp³-hybridized carbons (Fsp3) is 0.500. The number of benzene rings is 1. The van der Waals surface area contributed by atoms with Gasteiger partial charge in [0.15, 0.2) is 17.4 Å². The van der Waals surface area contributed by atoms with Crippen molar-refractivity contribution in [3.8, 4) is 0 Å². The Morgan fingerprint density at radius 1 is 1.42 bits per heavy atom. The molecule has 1 fully saturated rings. The van der Waals surface area contributed by atoms with Gasteiger partial charge in [-0.3, -0.25) is 9.69 Å². The molecule has 5 heteroatoms. The highest BCUT2D eigenvalue weighted by Gasteiger charge is 2.26. The molecule has 2 nitrogen and oxygen atoms in total. The smallest absolute Gasteiger partial charge is 0.179 e. The molecule has 1 saturated heterocycles. The van der Waals surface area contributed by atoms with E-state index in [0.29, 0.717) is 5.25 Å². The number of hydrogen-bond acceptors (Lipinski definition) is 3. The predicted molar refractivity (Wildman–Crippen MR) is 73.6 cm³/mol. The molecule has 1 aromatic carbocycles. The maximum absolute atomic E-state index is 13.2. The van der Waals surface area contributed by atoms with Gasteiger partial charge in [0, 0.05) is 29.7 Å². The van der Waals surface area contributed by atoms with Crippen molar-refractivity contribution in [2.24, 2.45) is 0 Å². The highest BCUT2D eigenvalue weighted by atomic mass is 32.2. The Balaban J connectivity index is 2.11. The third kappa shape index (κ3) is 3.34. The van der Waals surface area contributed by atoms with Crippen molar-refractivity contribution in [1.29, 1.82) is 0 Å². The number of thioether (sulfide) groups is 1. The summed E-state index contributed by atoms with van der Waals surface area (Å²) in [6.45, 7) is 5.66. The number of carbonyl (C=O) groups excluding carboxylic acids is 1. The largest absolute Gasteiger partial charge is 0.292 e. The van der Waals surface area contributed by atoms with Crippen LogP contribution in [0.1, 0.15) is 24.2 Å². The number of carbonyl (C=O) groups is 1. The van der Waals surface area contributed by atoms with Crippen molar-refractivity contribution < 1.29 is 13.6 Å². The van der Waals surface area contributed by atoms with Crippen LogP contribution < -0.4 is 0 Å². The van der Waals surface area contributed by atoms with Gasteiger partial charge in [0.05, 0.1) is 6.04 Å². The zero-order valence-corrected chi connectivity index (χ0v) is 11.8. The summed E-state index contributed by atoms with van der Waals surface area (Å²) in [6.07, 6.45) is 0. The lowest BCUT2D eigenvalue weighted by Gasteiger charge is -2.34. The highest BCUT2D eigenvalue weighted by Crippen LogP contribution is 2.21. The van der Waals surface area contributed by atoms with Crippen LogP contribution >= 0.6 is 11.8 Å². The van der Waals surface area contributed by atoms with Gasteiger partial charge in [-0.2, -0.15) is 11.8 Å². The van der Waals surface area contributed by atoms with E-state index >= 15 is 0 Å². The average molecular weight is 285 g/mol. The Kier molecular flexibility index (Phi) is 4.58. The van der Waals surface area contributed by atoms with Gasteiger partial charge in [-0.15, -0.1) is 0 Å². The van der Waals surface area contributed by atoms with Crippen LogP contribution in [0.15, 0.2) is 18.2 Å². The van der Waals surface area contributed by atoms with E-state index in [1.54, 1.807) is 0 Å². The molecule has 0 amide bonds. The fourth-order valence-corrected chi connectivity index (χ4v) is 3.29. The first kappa shape index (κ1) is 14.5. The van der Waals surface area contributed by atoms with E-state index < -0.39 is 11.6 Å². The fourth-order valence-electron chi connectivity index (χ4n) is 2.25. The molecule has 104 valence electrons. The van der Waals surface area contributed by atoms with Gasteiger partial charge in [-0.05, 0) is 25.1 Å². The van der Waals surface area contributed by atoms with E-state index in [4.69, 9.17) is 0 Å². The van der Waals surface area contributed by atoms with Gasteiger partial charge in [0.1, 0.15) is 0 Å². The van der Waals surface area contributed by atoms with Gasteiger partial charge in [-0.25, -0.2) is 8.78 Å². The van der Waals surface area contributed by atoms with E-state index in [9.17, 15) is 13.6 Å². The van der Waals surface area contributed by atoms with Crippen LogP contribution in [0, 0.1) is 11.6 Å². The van der Waals surface area contributed by atoms with Crippen LogP contribution in [0.4, 0.5) is 8.78 Å². The minimum Gasteiger partial charge on any atom is -0.292 e. The van der Waals surface area contributed by atoms with Crippen LogP contribution in [0.3, 0.4) is 0 Å². The lowest BCUT2D eigenvalue weighted by atomic mass is 10.0. The van der Waals surface area contributed by atoms with E-state index in [1.165, 1.54) is 6.07 Å². The normalized spacial score (nSPS) is 22.2. The Morgan fingerprint density at radius 3 is 2.79 bits per heavy atom. The van der Waals surface area contributed by atoms with E-state index in [1.807, 2.05) is 18.7 Å². The quantitative estimate of drug-likeness (QED) is 0.796. The van der Waals surface area contributed by atoms with Crippen molar-refractivity contribution in [3.05, 3.63) is 35.4 Å². The molecule has 1 aliphatic heterocycles. The summed E-state index contributed by atoms with van der Waals surface area (Å²) in [4.78, 5) is 14.4. The molecule has 0 spiro atoms. The molecule has 2 atom stereocenters. The van der Waals surface area contributed by atoms with Crippen LogP contribution in [-0.4, -0.2) is 40.8 Å². The third-order valence-corrected chi connectivity index (χ3v) is 4.54. The summed E-state index contributed by atoms with van der Waals surface area (Å²) in [5, 5.41) is 0.494. The summed E-state index contributed by atoms with van der Waals surface area (Å²) in [5.74, 6) is -1.05. The molecule has 1 aromatic rings. The molecule has 0 aromatic heterocycles. The van der Waals surface area contributed by atoms with Gasteiger partial charge < -0.3 is 0 Å². The Hall–Kier alpha value is -0.940. The monoisotopic (exact) mass is 285 g/mol. The number of halogens is 2. The van der Waals surface area contributed by atoms with Crippen molar-refractivity contribution in [2.45, 2.75) is 25.1 Å².